The summed E-state index contributed by atoms with van der Waals surface area (Å²) in [7, 11) is 0. The van der Waals surface area contributed by atoms with Crippen LogP contribution in [0.2, 0.25) is 0 Å². The number of ether oxygens (including phenoxy) is 1. The molecule has 22 heavy (non-hydrogen) atoms. The third-order valence-electron chi connectivity index (χ3n) is 3.92. The molecule has 4 nitrogen and oxygen atoms in total. The minimum absolute atomic E-state index is 0.0921. The van der Waals surface area contributed by atoms with Crippen LogP contribution in [0, 0.1) is 0 Å². The number of carbonyl (C=O) groups is 1. The van der Waals surface area contributed by atoms with Crippen molar-refractivity contribution in [1.82, 2.24) is 4.90 Å². The summed E-state index contributed by atoms with van der Waals surface area (Å²) >= 11 is 0. The van der Waals surface area contributed by atoms with Crippen molar-refractivity contribution >= 4 is 5.91 Å². The number of hydrogen-bond acceptors (Lipinski definition) is 3. The lowest BCUT2D eigenvalue weighted by molar-refractivity contribution is -0.132. The van der Waals surface area contributed by atoms with Gasteiger partial charge in [0.15, 0.2) is 0 Å². The van der Waals surface area contributed by atoms with E-state index in [-0.39, 0.29) is 31.5 Å². The molecule has 1 heterocycles. The van der Waals surface area contributed by atoms with Crippen LogP contribution in [0.4, 0.5) is 4.39 Å². The molecule has 0 spiro atoms. The second-order valence-electron chi connectivity index (χ2n) is 5.71. The predicted octanol–water partition coefficient (Wildman–Crippen LogP) is 2.34. The number of aliphatic hydroxyl groups excluding tert-OH is 1. The van der Waals surface area contributed by atoms with Crippen molar-refractivity contribution in [2.45, 2.75) is 44.8 Å². The number of halogens is 1. The van der Waals surface area contributed by atoms with Crippen LogP contribution in [0.3, 0.4) is 0 Å². The number of hydrogen-bond donors (Lipinski definition) is 1. The Hall–Kier alpha value is -1.62. The molecule has 1 saturated heterocycles. The molecular formula is C17H24FNO3. The van der Waals surface area contributed by atoms with Crippen LogP contribution < -0.4 is 4.74 Å². The number of amides is 1. The first-order valence-corrected chi connectivity index (χ1v) is 7.90. The quantitative estimate of drug-likeness (QED) is 0.841. The number of benzene rings is 1. The molecule has 5 heteroatoms. The summed E-state index contributed by atoms with van der Waals surface area (Å²) in [5.74, 6) is 0.739. The Bertz CT molecular complexity index is 477. The molecule has 1 fully saturated rings. The van der Waals surface area contributed by atoms with E-state index in [4.69, 9.17) is 4.74 Å². The van der Waals surface area contributed by atoms with E-state index in [1.807, 2.05) is 24.3 Å². The highest BCUT2D eigenvalue weighted by Crippen LogP contribution is 2.21. The van der Waals surface area contributed by atoms with E-state index in [9.17, 15) is 14.3 Å². The maximum Gasteiger partial charge on any atom is 0.223 e. The monoisotopic (exact) mass is 309 g/mol. The van der Waals surface area contributed by atoms with Crippen molar-refractivity contribution in [3.05, 3.63) is 29.8 Å². The van der Waals surface area contributed by atoms with Crippen molar-refractivity contribution in [3.63, 3.8) is 0 Å². The Kier molecular flexibility index (Phi) is 6.19. The van der Waals surface area contributed by atoms with Crippen molar-refractivity contribution in [3.8, 4) is 5.75 Å². The summed E-state index contributed by atoms with van der Waals surface area (Å²) in [5.41, 5.74) is 1.05. The topological polar surface area (TPSA) is 49.8 Å². The van der Waals surface area contributed by atoms with Gasteiger partial charge in [-0.1, -0.05) is 19.1 Å². The van der Waals surface area contributed by atoms with Crippen molar-refractivity contribution in [2.75, 3.05) is 19.8 Å². The summed E-state index contributed by atoms with van der Waals surface area (Å²) < 4.78 is 18.9. The molecule has 1 N–H and O–H groups in total. The zero-order chi connectivity index (χ0) is 15.9. The molecule has 122 valence electrons. The van der Waals surface area contributed by atoms with Crippen molar-refractivity contribution in [2.24, 2.45) is 0 Å². The third-order valence-corrected chi connectivity index (χ3v) is 3.92. The number of rotatable bonds is 7. The van der Waals surface area contributed by atoms with Gasteiger partial charge in [-0.2, -0.15) is 0 Å². The second kappa shape index (κ2) is 8.13. The molecule has 1 aliphatic rings. The summed E-state index contributed by atoms with van der Waals surface area (Å²) in [6.45, 7) is 2.68. The van der Waals surface area contributed by atoms with Gasteiger partial charge in [0.1, 0.15) is 11.9 Å². The number of nitrogens with zero attached hydrogens (tertiary/aromatic N) is 1. The Balaban J connectivity index is 1.83. The number of alkyl halides is 1. The summed E-state index contributed by atoms with van der Waals surface area (Å²) in [6, 6.07) is 7.33. The largest absolute Gasteiger partial charge is 0.494 e. The number of likely N-dealkylation sites (tertiary alicyclic amines) is 1. The van der Waals surface area contributed by atoms with E-state index in [2.05, 4.69) is 6.92 Å². The summed E-state index contributed by atoms with van der Waals surface area (Å²) in [6.07, 6.45) is 1.13. The van der Waals surface area contributed by atoms with Crippen LogP contribution in [-0.2, 0) is 11.2 Å². The highest BCUT2D eigenvalue weighted by Gasteiger charge is 2.34. The Morgan fingerprint density at radius 3 is 2.77 bits per heavy atom. The standard InChI is InChI=1S/C17H24FNO3/c1-2-9-22-16-6-3-13(4-7-16)5-8-17(21)19-11-14(18)10-15(19)12-20/h3-4,6-7,14-15,20H,2,5,8-12H2,1H3/t14-,15-/m0/s1. The van der Waals surface area contributed by atoms with Crippen LogP contribution >= 0.6 is 0 Å². The van der Waals surface area contributed by atoms with Gasteiger partial charge in [-0.15, -0.1) is 0 Å². The minimum Gasteiger partial charge on any atom is -0.494 e. The van der Waals surface area contributed by atoms with Crippen LogP contribution in [0.1, 0.15) is 31.7 Å². The van der Waals surface area contributed by atoms with E-state index in [1.54, 1.807) is 0 Å². The lowest BCUT2D eigenvalue weighted by atomic mass is 10.1. The third kappa shape index (κ3) is 4.44. The predicted molar refractivity (Wildman–Crippen MR) is 82.6 cm³/mol. The zero-order valence-electron chi connectivity index (χ0n) is 13.0. The van der Waals surface area contributed by atoms with Crippen LogP contribution in [0.5, 0.6) is 5.75 Å². The fourth-order valence-corrected chi connectivity index (χ4v) is 2.71. The van der Waals surface area contributed by atoms with Crippen molar-refractivity contribution in [1.29, 1.82) is 0 Å². The fraction of sp³-hybridized carbons (Fsp3) is 0.588. The number of aryl methyl sites for hydroxylation is 1. The van der Waals surface area contributed by atoms with Gasteiger partial charge in [0.2, 0.25) is 5.91 Å². The molecule has 1 aromatic rings. The SMILES string of the molecule is CCCOc1ccc(CCC(=O)N2C[C@@H](F)C[C@H]2CO)cc1. The minimum atomic E-state index is -1.02. The van der Waals surface area contributed by atoms with Gasteiger partial charge in [0, 0.05) is 12.8 Å². The van der Waals surface area contributed by atoms with Crippen molar-refractivity contribution < 1.29 is 19.0 Å². The lowest BCUT2D eigenvalue weighted by Gasteiger charge is -2.22. The van der Waals surface area contributed by atoms with Gasteiger partial charge in [-0.25, -0.2) is 4.39 Å². The van der Waals surface area contributed by atoms with E-state index in [0.29, 0.717) is 19.4 Å². The summed E-state index contributed by atoms with van der Waals surface area (Å²) in [4.78, 5) is 13.6. The Morgan fingerprint density at radius 2 is 2.14 bits per heavy atom. The molecular weight excluding hydrogens is 285 g/mol. The van der Waals surface area contributed by atoms with Crippen LogP contribution in [0.15, 0.2) is 24.3 Å². The first kappa shape index (κ1) is 16.7. The van der Waals surface area contributed by atoms with E-state index >= 15 is 0 Å². The number of aliphatic hydroxyl groups is 1. The highest BCUT2D eigenvalue weighted by molar-refractivity contribution is 5.77. The lowest BCUT2D eigenvalue weighted by Crippen LogP contribution is -2.37. The van der Waals surface area contributed by atoms with Gasteiger partial charge < -0.3 is 14.7 Å². The highest BCUT2D eigenvalue weighted by atomic mass is 19.1. The first-order chi connectivity index (χ1) is 10.6. The maximum atomic E-state index is 13.4. The maximum absolute atomic E-state index is 13.4. The van der Waals surface area contributed by atoms with E-state index < -0.39 is 6.17 Å². The van der Waals surface area contributed by atoms with E-state index in [0.717, 1.165) is 17.7 Å². The van der Waals surface area contributed by atoms with Gasteiger partial charge in [0.25, 0.3) is 0 Å². The van der Waals surface area contributed by atoms with Gasteiger partial charge in [-0.3, -0.25) is 4.79 Å². The first-order valence-electron chi connectivity index (χ1n) is 7.90. The molecule has 0 saturated carbocycles. The molecule has 0 bridgehead atoms. The smallest absolute Gasteiger partial charge is 0.223 e. The normalized spacial score (nSPS) is 21.1. The van der Waals surface area contributed by atoms with Crippen LogP contribution in [-0.4, -0.2) is 47.9 Å². The fourth-order valence-electron chi connectivity index (χ4n) is 2.71. The van der Waals surface area contributed by atoms with Crippen LogP contribution in [0.25, 0.3) is 0 Å². The molecule has 1 aliphatic heterocycles. The average molecular weight is 309 g/mol. The molecule has 0 aromatic heterocycles. The van der Waals surface area contributed by atoms with E-state index in [1.165, 1.54) is 4.90 Å². The second-order valence-corrected chi connectivity index (χ2v) is 5.71. The van der Waals surface area contributed by atoms with Gasteiger partial charge in [-0.05, 0) is 30.5 Å². The molecule has 2 atom stereocenters. The van der Waals surface area contributed by atoms with Gasteiger partial charge in [0.05, 0.1) is 25.8 Å². The molecule has 1 amide bonds. The zero-order valence-corrected chi connectivity index (χ0v) is 13.0. The molecule has 2 rings (SSSR count). The van der Waals surface area contributed by atoms with Gasteiger partial charge >= 0.3 is 0 Å². The molecule has 0 aliphatic carbocycles. The molecule has 0 radical (unpaired) electrons. The molecule has 0 unspecified atom stereocenters. The average Bonchev–Trinajstić information content (AvgIpc) is 2.92. The number of carbonyl (C=O) groups excluding carboxylic acids is 1. The summed E-state index contributed by atoms with van der Waals surface area (Å²) in [5, 5.41) is 9.22. The Labute approximate surface area is 130 Å². The molecule has 1 aromatic carbocycles. The Morgan fingerprint density at radius 1 is 1.41 bits per heavy atom.